The highest BCUT2D eigenvalue weighted by molar-refractivity contribution is 4.73. The minimum atomic E-state index is -0.103. The van der Waals surface area contributed by atoms with Gasteiger partial charge in [0.25, 0.3) is 0 Å². The largest absolute Gasteiger partial charge is 0.375 e. The lowest BCUT2D eigenvalue weighted by Crippen LogP contribution is -2.37. The molecule has 3 nitrogen and oxygen atoms in total. The number of hydrogen-bond donors (Lipinski definition) is 1. The van der Waals surface area contributed by atoms with Crippen LogP contribution in [0, 0.1) is 0 Å². The lowest BCUT2D eigenvalue weighted by atomic mass is 10.1. The Bertz CT molecular complexity index is 191. The number of unbranched alkanes of at least 4 members (excludes halogenated alkanes) is 1. The van der Waals surface area contributed by atoms with Crippen LogP contribution in [0.25, 0.3) is 0 Å². The highest BCUT2D eigenvalue weighted by Crippen LogP contribution is 2.17. The molecule has 0 aromatic carbocycles. The molecule has 0 aliphatic rings. The predicted octanol–water partition coefficient (Wildman–Crippen LogP) is 2.99. The topological polar surface area (TPSA) is 30.5 Å². The summed E-state index contributed by atoms with van der Waals surface area (Å²) < 4.78 is 11.7. The smallest absolute Gasteiger partial charge is 0.0750 e. The first kappa shape index (κ1) is 16.9. The second kappa shape index (κ2) is 8.06. The lowest BCUT2D eigenvalue weighted by Gasteiger charge is -2.29. The molecule has 0 fully saturated rings. The van der Waals surface area contributed by atoms with Crippen molar-refractivity contribution < 1.29 is 9.47 Å². The van der Waals surface area contributed by atoms with E-state index in [1.165, 1.54) is 6.42 Å². The van der Waals surface area contributed by atoms with Crippen LogP contribution in [0.4, 0.5) is 0 Å². The molecule has 0 unspecified atom stereocenters. The normalized spacial score (nSPS) is 13.1. The monoisotopic (exact) mass is 245 g/mol. The summed E-state index contributed by atoms with van der Waals surface area (Å²) in [5, 5.41) is 3.14. The van der Waals surface area contributed by atoms with Gasteiger partial charge in [0, 0.05) is 13.2 Å². The predicted molar refractivity (Wildman–Crippen MR) is 73.5 cm³/mol. The standard InChI is InChI=1S/C14H31NO2/c1-7-8-10-16-13(2,3)9-11-17-14(4,5)12-15-6/h15H,7-12H2,1-6H3. The first-order chi connectivity index (χ1) is 7.83. The van der Waals surface area contributed by atoms with Gasteiger partial charge in [0.05, 0.1) is 17.8 Å². The van der Waals surface area contributed by atoms with Gasteiger partial charge in [-0.25, -0.2) is 0 Å². The van der Waals surface area contributed by atoms with Crippen molar-refractivity contribution in [2.24, 2.45) is 0 Å². The quantitative estimate of drug-likeness (QED) is 0.600. The highest BCUT2D eigenvalue weighted by atomic mass is 16.5. The molecular formula is C14H31NO2. The Hall–Kier alpha value is -0.120. The van der Waals surface area contributed by atoms with E-state index in [1.807, 2.05) is 7.05 Å². The Balaban J connectivity index is 3.77. The molecule has 0 bridgehead atoms. The third-order valence-corrected chi connectivity index (χ3v) is 2.79. The van der Waals surface area contributed by atoms with Gasteiger partial charge in [0.1, 0.15) is 0 Å². The van der Waals surface area contributed by atoms with Crippen LogP contribution in [-0.4, -0.2) is 38.0 Å². The van der Waals surface area contributed by atoms with Crippen molar-refractivity contribution in [1.82, 2.24) is 5.32 Å². The van der Waals surface area contributed by atoms with Gasteiger partial charge in [-0.2, -0.15) is 0 Å². The molecule has 104 valence electrons. The second-order valence-electron chi connectivity index (χ2n) is 5.85. The van der Waals surface area contributed by atoms with Crippen LogP contribution in [0.3, 0.4) is 0 Å². The van der Waals surface area contributed by atoms with Crippen molar-refractivity contribution in [2.45, 2.75) is 65.1 Å². The van der Waals surface area contributed by atoms with E-state index in [2.05, 4.69) is 39.9 Å². The third-order valence-electron chi connectivity index (χ3n) is 2.79. The number of likely N-dealkylation sites (N-methyl/N-ethyl adjacent to an activating group) is 1. The third kappa shape index (κ3) is 9.57. The van der Waals surface area contributed by atoms with Crippen LogP contribution in [-0.2, 0) is 9.47 Å². The Morgan fingerprint density at radius 1 is 0.941 bits per heavy atom. The summed E-state index contributed by atoms with van der Waals surface area (Å²) in [7, 11) is 1.95. The van der Waals surface area contributed by atoms with Crippen LogP contribution < -0.4 is 5.32 Å². The minimum absolute atomic E-state index is 0.0785. The van der Waals surface area contributed by atoms with E-state index in [1.54, 1.807) is 0 Å². The Morgan fingerprint density at radius 3 is 2.06 bits per heavy atom. The molecule has 0 atom stereocenters. The van der Waals surface area contributed by atoms with Crippen molar-refractivity contribution in [3.63, 3.8) is 0 Å². The molecule has 0 aliphatic carbocycles. The molecule has 17 heavy (non-hydrogen) atoms. The molecule has 0 aliphatic heterocycles. The molecule has 0 aromatic rings. The summed E-state index contributed by atoms with van der Waals surface area (Å²) in [5.41, 5.74) is -0.181. The molecular weight excluding hydrogens is 214 g/mol. The number of nitrogens with one attached hydrogen (secondary N) is 1. The van der Waals surface area contributed by atoms with Gasteiger partial charge < -0.3 is 14.8 Å². The molecule has 0 rings (SSSR count). The summed E-state index contributed by atoms with van der Waals surface area (Å²) in [6.07, 6.45) is 3.25. The van der Waals surface area contributed by atoms with E-state index in [0.29, 0.717) is 0 Å². The second-order valence-corrected chi connectivity index (χ2v) is 5.85. The zero-order valence-corrected chi connectivity index (χ0v) is 12.6. The maximum Gasteiger partial charge on any atom is 0.0750 e. The van der Waals surface area contributed by atoms with Crippen molar-refractivity contribution in [2.75, 3.05) is 26.8 Å². The lowest BCUT2D eigenvalue weighted by molar-refractivity contribution is -0.0712. The summed E-state index contributed by atoms with van der Waals surface area (Å²) in [5.74, 6) is 0. The molecule has 0 amide bonds. The molecule has 0 saturated heterocycles. The van der Waals surface area contributed by atoms with E-state index in [9.17, 15) is 0 Å². The minimum Gasteiger partial charge on any atom is -0.375 e. The Kier molecular flexibility index (Phi) is 8.01. The van der Waals surface area contributed by atoms with Crippen LogP contribution in [0.15, 0.2) is 0 Å². The van der Waals surface area contributed by atoms with E-state index in [4.69, 9.17) is 9.47 Å². The van der Waals surface area contributed by atoms with E-state index in [-0.39, 0.29) is 11.2 Å². The first-order valence-corrected chi connectivity index (χ1v) is 6.75. The average molecular weight is 245 g/mol. The zero-order chi connectivity index (χ0) is 13.4. The van der Waals surface area contributed by atoms with Gasteiger partial charge in [0.15, 0.2) is 0 Å². The zero-order valence-electron chi connectivity index (χ0n) is 12.6. The van der Waals surface area contributed by atoms with Crippen LogP contribution in [0.5, 0.6) is 0 Å². The van der Waals surface area contributed by atoms with Crippen LogP contribution in [0.1, 0.15) is 53.9 Å². The van der Waals surface area contributed by atoms with Crippen molar-refractivity contribution in [1.29, 1.82) is 0 Å². The van der Waals surface area contributed by atoms with E-state index >= 15 is 0 Å². The summed E-state index contributed by atoms with van der Waals surface area (Å²) in [6.45, 7) is 13.1. The van der Waals surface area contributed by atoms with Crippen LogP contribution in [0.2, 0.25) is 0 Å². The van der Waals surface area contributed by atoms with Gasteiger partial charge in [-0.15, -0.1) is 0 Å². The van der Waals surface area contributed by atoms with Crippen molar-refractivity contribution in [3.05, 3.63) is 0 Å². The fourth-order valence-corrected chi connectivity index (χ4v) is 1.61. The number of ether oxygens (including phenoxy) is 2. The molecule has 0 radical (unpaired) electrons. The maximum absolute atomic E-state index is 5.87. The maximum atomic E-state index is 5.87. The van der Waals surface area contributed by atoms with E-state index in [0.717, 1.165) is 32.6 Å². The Morgan fingerprint density at radius 2 is 1.53 bits per heavy atom. The molecule has 3 heteroatoms. The molecule has 0 saturated carbocycles. The molecule has 1 N–H and O–H groups in total. The highest BCUT2D eigenvalue weighted by Gasteiger charge is 2.21. The summed E-state index contributed by atoms with van der Waals surface area (Å²) >= 11 is 0. The van der Waals surface area contributed by atoms with Gasteiger partial charge in [-0.1, -0.05) is 13.3 Å². The van der Waals surface area contributed by atoms with Gasteiger partial charge in [-0.3, -0.25) is 0 Å². The first-order valence-electron chi connectivity index (χ1n) is 6.75. The molecule has 0 heterocycles. The van der Waals surface area contributed by atoms with Crippen molar-refractivity contribution >= 4 is 0 Å². The SMILES string of the molecule is CCCCOC(C)(C)CCOC(C)(C)CNC. The van der Waals surface area contributed by atoms with Crippen molar-refractivity contribution in [3.8, 4) is 0 Å². The Labute approximate surface area is 107 Å². The molecule has 0 spiro atoms. The molecule has 0 aromatic heterocycles. The fraction of sp³-hybridized carbons (Fsp3) is 1.00. The van der Waals surface area contributed by atoms with Crippen LogP contribution >= 0.6 is 0 Å². The summed E-state index contributed by atoms with van der Waals surface area (Å²) in [6, 6.07) is 0. The number of rotatable bonds is 10. The van der Waals surface area contributed by atoms with Gasteiger partial charge in [0.2, 0.25) is 0 Å². The van der Waals surface area contributed by atoms with Gasteiger partial charge in [-0.05, 0) is 47.6 Å². The van der Waals surface area contributed by atoms with E-state index < -0.39 is 0 Å². The fourth-order valence-electron chi connectivity index (χ4n) is 1.61. The van der Waals surface area contributed by atoms with Gasteiger partial charge >= 0.3 is 0 Å². The average Bonchev–Trinajstić information content (AvgIpc) is 2.16. The number of hydrogen-bond acceptors (Lipinski definition) is 3. The summed E-state index contributed by atoms with van der Waals surface area (Å²) in [4.78, 5) is 0.